The van der Waals surface area contributed by atoms with Gasteiger partial charge in [-0.2, -0.15) is 0 Å². The maximum Gasteiger partial charge on any atom is 0.243 e. The first-order valence-electron chi connectivity index (χ1n) is 5.38. The summed E-state index contributed by atoms with van der Waals surface area (Å²) in [4.78, 5) is 11.0. The van der Waals surface area contributed by atoms with Gasteiger partial charge in [-0.1, -0.05) is 18.7 Å². The molecule has 0 saturated heterocycles. The van der Waals surface area contributed by atoms with Crippen molar-refractivity contribution in [3.05, 3.63) is 24.8 Å². The SMILES string of the molecule is C=CC(=O)NCC1CC2C=CC1CC2. The second-order valence-electron chi connectivity index (χ2n) is 4.33. The molecule has 2 bridgehead atoms. The molecule has 3 unspecified atom stereocenters. The van der Waals surface area contributed by atoms with Gasteiger partial charge in [0.05, 0.1) is 0 Å². The molecular formula is C12H17NO. The highest BCUT2D eigenvalue weighted by Crippen LogP contribution is 2.39. The maximum absolute atomic E-state index is 11.0. The third kappa shape index (κ3) is 1.89. The molecule has 0 aliphatic heterocycles. The number of rotatable bonds is 3. The van der Waals surface area contributed by atoms with Gasteiger partial charge in [-0.25, -0.2) is 0 Å². The molecule has 3 rings (SSSR count). The van der Waals surface area contributed by atoms with E-state index in [9.17, 15) is 4.79 Å². The van der Waals surface area contributed by atoms with E-state index in [-0.39, 0.29) is 5.91 Å². The van der Waals surface area contributed by atoms with Crippen LogP contribution < -0.4 is 5.32 Å². The zero-order valence-corrected chi connectivity index (χ0v) is 8.41. The first-order valence-corrected chi connectivity index (χ1v) is 5.38. The van der Waals surface area contributed by atoms with Crippen LogP contribution >= 0.6 is 0 Å². The van der Waals surface area contributed by atoms with Crippen molar-refractivity contribution >= 4 is 5.91 Å². The topological polar surface area (TPSA) is 29.1 Å². The van der Waals surface area contributed by atoms with Crippen LogP contribution in [0.1, 0.15) is 19.3 Å². The average molecular weight is 191 g/mol. The van der Waals surface area contributed by atoms with Crippen molar-refractivity contribution in [2.24, 2.45) is 17.8 Å². The highest BCUT2D eigenvalue weighted by Gasteiger charge is 2.31. The second-order valence-corrected chi connectivity index (χ2v) is 4.33. The van der Waals surface area contributed by atoms with Crippen LogP contribution in [0, 0.1) is 17.8 Å². The third-order valence-corrected chi connectivity index (χ3v) is 3.44. The zero-order valence-electron chi connectivity index (χ0n) is 8.41. The average Bonchev–Trinajstić information content (AvgIpc) is 2.27. The fraction of sp³-hybridized carbons (Fsp3) is 0.583. The maximum atomic E-state index is 11.0. The molecule has 1 fully saturated rings. The Bertz CT molecular complexity index is 269. The van der Waals surface area contributed by atoms with E-state index in [1.807, 2.05) is 0 Å². The first-order chi connectivity index (χ1) is 6.79. The molecule has 0 heterocycles. The van der Waals surface area contributed by atoms with E-state index < -0.39 is 0 Å². The molecule has 0 aromatic carbocycles. The molecule has 3 aliphatic carbocycles. The minimum absolute atomic E-state index is 0.0459. The molecule has 1 saturated carbocycles. The number of carbonyl (C=O) groups excluding carboxylic acids is 1. The molecule has 2 nitrogen and oxygen atoms in total. The lowest BCUT2D eigenvalue weighted by Gasteiger charge is -2.38. The van der Waals surface area contributed by atoms with Crippen molar-refractivity contribution in [2.75, 3.05) is 6.54 Å². The molecule has 0 spiro atoms. The zero-order chi connectivity index (χ0) is 9.97. The van der Waals surface area contributed by atoms with Gasteiger partial charge >= 0.3 is 0 Å². The van der Waals surface area contributed by atoms with E-state index in [0.717, 1.165) is 12.5 Å². The molecule has 2 heteroatoms. The molecule has 0 aromatic heterocycles. The molecule has 0 radical (unpaired) electrons. The summed E-state index contributed by atoms with van der Waals surface area (Å²) in [6.07, 6.45) is 9.92. The van der Waals surface area contributed by atoms with E-state index in [4.69, 9.17) is 0 Å². The fourth-order valence-electron chi connectivity index (χ4n) is 2.59. The van der Waals surface area contributed by atoms with E-state index in [1.165, 1.54) is 25.3 Å². The van der Waals surface area contributed by atoms with Gasteiger partial charge in [-0.05, 0) is 43.1 Å². The number of hydrogen-bond acceptors (Lipinski definition) is 1. The van der Waals surface area contributed by atoms with Gasteiger partial charge in [0, 0.05) is 6.54 Å². The lowest BCUT2D eigenvalue weighted by atomic mass is 9.69. The summed E-state index contributed by atoms with van der Waals surface area (Å²) >= 11 is 0. The van der Waals surface area contributed by atoms with Crippen LogP contribution in [0.2, 0.25) is 0 Å². The number of fused-ring (bicyclic) bond motifs is 2. The molecule has 1 amide bonds. The minimum atomic E-state index is -0.0459. The Morgan fingerprint density at radius 1 is 1.50 bits per heavy atom. The fourth-order valence-corrected chi connectivity index (χ4v) is 2.59. The smallest absolute Gasteiger partial charge is 0.243 e. The molecule has 3 atom stereocenters. The highest BCUT2D eigenvalue weighted by molar-refractivity contribution is 5.86. The minimum Gasteiger partial charge on any atom is -0.352 e. The van der Waals surface area contributed by atoms with Crippen LogP contribution in [0.25, 0.3) is 0 Å². The number of nitrogens with one attached hydrogen (secondary N) is 1. The monoisotopic (exact) mass is 191 g/mol. The van der Waals surface area contributed by atoms with Gasteiger partial charge in [0.15, 0.2) is 0 Å². The van der Waals surface area contributed by atoms with Crippen LogP contribution in [-0.4, -0.2) is 12.5 Å². The van der Waals surface area contributed by atoms with E-state index >= 15 is 0 Å². The van der Waals surface area contributed by atoms with Gasteiger partial charge in [0.2, 0.25) is 5.91 Å². The summed E-state index contributed by atoms with van der Waals surface area (Å²) in [5, 5.41) is 2.90. The van der Waals surface area contributed by atoms with Crippen LogP contribution in [0.15, 0.2) is 24.8 Å². The molecule has 3 aliphatic rings. The quantitative estimate of drug-likeness (QED) is 0.535. The van der Waals surface area contributed by atoms with Crippen molar-refractivity contribution < 1.29 is 4.79 Å². The van der Waals surface area contributed by atoms with Crippen molar-refractivity contribution in [3.63, 3.8) is 0 Å². The lowest BCUT2D eigenvalue weighted by molar-refractivity contribution is -0.116. The van der Waals surface area contributed by atoms with Crippen molar-refractivity contribution in [2.45, 2.75) is 19.3 Å². The predicted octanol–water partition coefficient (Wildman–Crippen LogP) is 1.89. The standard InChI is InChI=1S/C12H17NO/c1-2-12(14)13-8-11-7-9-3-5-10(11)6-4-9/h2-3,5,9-11H,1,4,6-8H2,(H,13,14). The Morgan fingerprint density at radius 2 is 2.36 bits per heavy atom. The molecule has 1 N–H and O–H groups in total. The summed E-state index contributed by atoms with van der Waals surface area (Å²) in [5.74, 6) is 2.08. The normalized spacial score (nSPS) is 34.1. The van der Waals surface area contributed by atoms with E-state index in [0.29, 0.717) is 11.8 Å². The molecular weight excluding hydrogens is 174 g/mol. The Balaban J connectivity index is 1.85. The van der Waals surface area contributed by atoms with Gasteiger partial charge in [-0.3, -0.25) is 4.79 Å². The van der Waals surface area contributed by atoms with Crippen molar-refractivity contribution in [1.82, 2.24) is 5.32 Å². The second kappa shape index (κ2) is 3.99. The Hall–Kier alpha value is -1.05. The summed E-state index contributed by atoms with van der Waals surface area (Å²) in [6.45, 7) is 4.26. The number of hydrogen-bond donors (Lipinski definition) is 1. The van der Waals surface area contributed by atoms with Gasteiger partial charge < -0.3 is 5.32 Å². The molecule has 0 aromatic rings. The van der Waals surface area contributed by atoms with Crippen molar-refractivity contribution in [1.29, 1.82) is 0 Å². The van der Waals surface area contributed by atoms with E-state index in [1.54, 1.807) is 0 Å². The Labute approximate surface area is 85.1 Å². The molecule has 14 heavy (non-hydrogen) atoms. The number of allylic oxidation sites excluding steroid dienone is 2. The third-order valence-electron chi connectivity index (χ3n) is 3.44. The van der Waals surface area contributed by atoms with E-state index in [2.05, 4.69) is 24.0 Å². The van der Waals surface area contributed by atoms with Crippen LogP contribution in [0.3, 0.4) is 0 Å². The number of amides is 1. The first kappa shape index (κ1) is 9.50. The number of carbonyl (C=O) groups is 1. The lowest BCUT2D eigenvalue weighted by Crippen LogP contribution is -2.36. The van der Waals surface area contributed by atoms with Crippen molar-refractivity contribution in [3.8, 4) is 0 Å². The predicted molar refractivity (Wildman–Crippen MR) is 56.7 cm³/mol. The van der Waals surface area contributed by atoms with Gasteiger partial charge in [0.25, 0.3) is 0 Å². The Morgan fingerprint density at radius 3 is 2.86 bits per heavy atom. The van der Waals surface area contributed by atoms with Gasteiger partial charge in [0.1, 0.15) is 0 Å². The van der Waals surface area contributed by atoms with Gasteiger partial charge in [-0.15, -0.1) is 0 Å². The Kier molecular flexibility index (Phi) is 2.71. The molecule has 76 valence electrons. The summed E-state index contributed by atoms with van der Waals surface area (Å²) in [5.41, 5.74) is 0. The summed E-state index contributed by atoms with van der Waals surface area (Å²) in [6, 6.07) is 0. The largest absolute Gasteiger partial charge is 0.352 e. The van der Waals surface area contributed by atoms with Crippen LogP contribution in [0.4, 0.5) is 0 Å². The highest BCUT2D eigenvalue weighted by atomic mass is 16.1. The van der Waals surface area contributed by atoms with Crippen LogP contribution in [-0.2, 0) is 4.79 Å². The summed E-state index contributed by atoms with van der Waals surface area (Å²) in [7, 11) is 0. The van der Waals surface area contributed by atoms with Crippen LogP contribution in [0.5, 0.6) is 0 Å². The summed E-state index contributed by atoms with van der Waals surface area (Å²) < 4.78 is 0.